The van der Waals surface area contributed by atoms with Gasteiger partial charge in [-0.1, -0.05) is 41.9 Å². The van der Waals surface area contributed by atoms with E-state index in [-0.39, 0.29) is 0 Å². The SMILES string of the molecule is On1nc(-c2ccc(Cl)cc2)c2ccccc21. The molecule has 0 amide bonds. The van der Waals surface area contributed by atoms with Gasteiger partial charge in [-0.2, -0.15) is 0 Å². The smallest absolute Gasteiger partial charge is 0.110 e. The molecule has 1 aromatic heterocycles. The first kappa shape index (κ1) is 10.2. The molecule has 0 bridgehead atoms. The summed E-state index contributed by atoms with van der Waals surface area (Å²) in [6, 6.07) is 14.9. The van der Waals surface area contributed by atoms with Crippen LogP contribution in [0.3, 0.4) is 0 Å². The molecular formula is C13H9ClN2O. The fourth-order valence-electron chi connectivity index (χ4n) is 1.87. The highest BCUT2D eigenvalue weighted by Gasteiger charge is 2.10. The van der Waals surface area contributed by atoms with Crippen molar-refractivity contribution in [1.82, 2.24) is 9.94 Å². The Morgan fingerprint density at radius 1 is 1.00 bits per heavy atom. The maximum atomic E-state index is 9.69. The van der Waals surface area contributed by atoms with Crippen molar-refractivity contribution < 1.29 is 5.21 Å². The predicted molar refractivity (Wildman–Crippen MR) is 67.4 cm³/mol. The number of nitrogens with zero attached hydrogens (tertiary/aromatic N) is 2. The third-order valence-corrected chi connectivity index (χ3v) is 2.94. The van der Waals surface area contributed by atoms with Gasteiger partial charge in [0.2, 0.25) is 0 Å². The van der Waals surface area contributed by atoms with Crippen LogP contribution < -0.4 is 0 Å². The Morgan fingerprint density at radius 3 is 2.47 bits per heavy atom. The Labute approximate surface area is 103 Å². The molecule has 0 aliphatic heterocycles. The van der Waals surface area contributed by atoms with Crippen LogP contribution >= 0.6 is 11.6 Å². The van der Waals surface area contributed by atoms with Crippen LogP contribution in [-0.2, 0) is 0 Å². The average molecular weight is 245 g/mol. The average Bonchev–Trinajstić information content (AvgIpc) is 2.69. The van der Waals surface area contributed by atoms with E-state index in [9.17, 15) is 5.21 Å². The van der Waals surface area contributed by atoms with Gasteiger partial charge in [0.25, 0.3) is 0 Å². The molecule has 0 saturated heterocycles. The molecule has 3 aromatic rings. The molecule has 0 unspecified atom stereocenters. The molecule has 0 saturated carbocycles. The van der Waals surface area contributed by atoms with Crippen molar-refractivity contribution in [2.75, 3.05) is 0 Å². The van der Waals surface area contributed by atoms with Crippen molar-refractivity contribution in [3.63, 3.8) is 0 Å². The van der Waals surface area contributed by atoms with E-state index in [1.165, 1.54) is 0 Å². The number of hydrogen-bond donors (Lipinski definition) is 1. The van der Waals surface area contributed by atoms with Gasteiger partial charge >= 0.3 is 0 Å². The first-order chi connectivity index (χ1) is 8.25. The predicted octanol–water partition coefficient (Wildman–Crippen LogP) is 3.59. The van der Waals surface area contributed by atoms with E-state index >= 15 is 0 Å². The van der Waals surface area contributed by atoms with Crippen LogP contribution in [0.5, 0.6) is 0 Å². The van der Waals surface area contributed by atoms with Crippen molar-refractivity contribution in [3.8, 4) is 11.3 Å². The normalized spacial score (nSPS) is 10.9. The zero-order valence-electron chi connectivity index (χ0n) is 8.84. The number of aromatic nitrogens is 2. The summed E-state index contributed by atoms with van der Waals surface area (Å²) in [6.07, 6.45) is 0. The Bertz CT molecular complexity index is 673. The second-order valence-corrected chi connectivity index (χ2v) is 4.20. The second kappa shape index (κ2) is 3.79. The number of para-hydroxylation sites is 1. The molecule has 1 heterocycles. The van der Waals surface area contributed by atoms with Gasteiger partial charge in [-0.05, 0) is 18.2 Å². The lowest BCUT2D eigenvalue weighted by atomic mass is 10.1. The van der Waals surface area contributed by atoms with Gasteiger partial charge in [-0.25, -0.2) is 0 Å². The molecule has 0 aliphatic carbocycles. The molecule has 1 N–H and O–H groups in total. The zero-order chi connectivity index (χ0) is 11.8. The summed E-state index contributed by atoms with van der Waals surface area (Å²) in [4.78, 5) is 0.902. The van der Waals surface area contributed by atoms with Crippen molar-refractivity contribution in [3.05, 3.63) is 53.6 Å². The first-order valence-electron chi connectivity index (χ1n) is 5.18. The second-order valence-electron chi connectivity index (χ2n) is 3.76. The minimum absolute atomic E-state index is 0.682. The van der Waals surface area contributed by atoms with Crippen LogP contribution in [0.25, 0.3) is 22.2 Å². The van der Waals surface area contributed by atoms with Crippen molar-refractivity contribution in [1.29, 1.82) is 0 Å². The largest absolute Gasteiger partial charge is 0.411 e. The third kappa shape index (κ3) is 1.65. The fourth-order valence-corrected chi connectivity index (χ4v) is 2.00. The summed E-state index contributed by atoms with van der Waals surface area (Å²) in [7, 11) is 0. The van der Waals surface area contributed by atoms with E-state index in [2.05, 4.69) is 5.10 Å². The Hall–Kier alpha value is -2.00. The summed E-state index contributed by atoms with van der Waals surface area (Å²) in [6.45, 7) is 0. The molecule has 0 atom stereocenters. The molecule has 3 nitrogen and oxygen atoms in total. The van der Waals surface area contributed by atoms with Crippen molar-refractivity contribution >= 4 is 22.5 Å². The molecular weight excluding hydrogens is 236 g/mol. The molecule has 0 spiro atoms. The summed E-state index contributed by atoms with van der Waals surface area (Å²) in [5.74, 6) is 0. The van der Waals surface area contributed by atoms with Crippen LogP contribution in [0.15, 0.2) is 48.5 Å². The van der Waals surface area contributed by atoms with Gasteiger partial charge in [0.05, 0.1) is 0 Å². The van der Waals surface area contributed by atoms with Gasteiger partial charge < -0.3 is 5.21 Å². The standard InChI is InChI=1S/C13H9ClN2O/c14-10-7-5-9(6-8-10)13-11-3-1-2-4-12(11)16(17)15-13/h1-8,17H. The Morgan fingerprint density at radius 2 is 1.71 bits per heavy atom. The summed E-state index contributed by atoms with van der Waals surface area (Å²) < 4.78 is 0. The summed E-state index contributed by atoms with van der Waals surface area (Å²) in [5.41, 5.74) is 2.37. The third-order valence-electron chi connectivity index (χ3n) is 2.69. The van der Waals surface area contributed by atoms with E-state index in [4.69, 9.17) is 11.6 Å². The zero-order valence-corrected chi connectivity index (χ0v) is 9.59. The van der Waals surface area contributed by atoms with Crippen LogP contribution in [0.2, 0.25) is 5.02 Å². The van der Waals surface area contributed by atoms with E-state index in [1.807, 2.05) is 48.5 Å². The van der Waals surface area contributed by atoms with Gasteiger partial charge in [0, 0.05) is 16.0 Å². The lowest BCUT2D eigenvalue weighted by molar-refractivity contribution is 0.162. The maximum absolute atomic E-state index is 9.69. The van der Waals surface area contributed by atoms with Crippen molar-refractivity contribution in [2.24, 2.45) is 0 Å². The summed E-state index contributed by atoms with van der Waals surface area (Å²) in [5, 5.41) is 15.4. The fraction of sp³-hybridized carbons (Fsp3) is 0. The van der Waals surface area contributed by atoms with Crippen LogP contribution in [0.4, 0.5) is 0 Å². The molecule has 3 rings (SSSR count). The molecule has 4 heteroatoms. The highest BCUT2D eigenvalue weighted by Crippen LogP contribution is 2.27. The lowest BCUT2D eigenvalue weighted by Gasteiger charge is -1.97. The number of fused-ring (bicyclic) bond motifs is 1. The highest BCUT2D eigenvalue weighted by atomic mass is 35.5. The summed E-state index contributed by atoms with van der Waals surface area (Å²) >= 11 is 5.85. The van der Waals surface area contributed by atoms with Crippen molar-refractivity contribution in [2.45, 2.75) is 0 Å². The van der Waals surface area contributed by atoms with Gasteiger partial charge in [-0.3, -0.25) is 0 Å². The molecule has 0 fully saturated rings. The van der Waals surface area contributed by atoms with E-state index in [1.54, 1.807) is 0 Å². The van der Waals surface area contributed by atoms with E-state index < -0.39 is 0 Å². The van der Waals surface area contributed by atoms with Gasteiger partial charge in [0.15, 0.2) is 0 Å². The first-order valence-corrected chi connectivity index (χ1v) is 5.56. The minimum Gasteiger partial charge on any atom is -0.411 e. The number of rotatable bonds is 1. The van der Waals surface area contributed by atoms with Gasteiger partial charge in [0.1, 0.15) is 11.2 Å². The van der Waals surface area contributed by atoms with E-state index in [0.717, 1.165) is 21.5 Å². The van der Waals surface area contributed by atoms with Crippen LogP contribution in [0.1, 0.15) is 0 Å². The maximum Gasteiger partial charge on any atom is 0.110 e. The van der Waals surface area contributed by atoms with Crippen LogP contribution in [0, 0.1) is 0 Å². The number of benzene rings is 2. The minimum atomic E-state index is 0.682. The monoisotopic (exact) mass is 244 g/mol. The van der Waals surface area contributed by atoms with Gasteiger partial charge in [-0.15, -0.1) is 9.94 Å². The number of hydrogen-bond acceptors (Lipinski definition) is 2. The highest BCUT2D eigenvalue weighted by molar-refractivity contribution is 6.30. The molecule has 2 aromatic carbocycles. The molecule has 0 aliphatic rings. The quantitative estimate of drug-likeness (QED) is 0.665. The molecule has 17 heavy (non-hydrogen) atoms. The Balaban J connectivity index is 2.27. The van der Waals surface area contributed by atoms with E-state index in [0.29, 0.717) is 10.5 Å². The Kier molecular flexibility index (Phi) is 2.27. The lowest BCUT2D eigenvalue weighted by Crippen LogP contribution is -1.91. The number of halogens is 1. The topological polar surface area (TPSA) is 38.0 Å². The van der Waals surface area contributed by atoms with Crippen LogP contribution in [-0.4, -0.2) is 15.2 Å². The molecule has 84 valence electrons. The molecule has 0 radical (unpaired) electrons.